The van der Waals surface area contributed by atoms with Gasteiger partial charge in [0.1, 0.15) is 17.3 Å². The molecule has 0 fully saturated rings. The predicted octanol–water partition coefficient (Wildman–Crippen LogP) is 3.28. The molecule has 18 heavy (non-hydrogen) atoms. The van der Waals surface area contributed by atoms with E-state index < -0.39 is 11.6 Å². The minimum Gasteiger partial charge on any atom is -0.368 e. The van der Waals surface area contributed by atoms with Crippen LogP contribution in [0.5, 0.6) is 0 Å². The van der Waals surface area contributed by atoms with E-state index in [-0.39, 0.29) is 11.7 Å². The highest BCUT2D eigenvalue weighted by Gasteiger charge is 2.12. The van der Waals surface area contributed by atoms with E-state index in [0.717, 1.165) is 11.8 Å². The van der Waals surface area contributed by atoms with Crippen molar-refractivity contribution >= 4 is 5.82 Å². The Bertz CT molecular complexity index is 561. The van der Waals surface area contributed by atoms with E-state index in [1.807, 2.05) is 26.8 Å². The number of anilines is 1. The molecule has 0 atom stereocenters. The summed E-state index contributed by atoms with van der Waals surface area (Å²) in [5, 5.41) is 7.39. The molecule has 0 radical (unpaired) electrons. The Morgan fingerprint density at radius 2 is 1.94 bits per heavy atom. The summed E-state index contributed by atoms with van der Waals surface area (Å²) in [4.78, 5) is 0. The van der Waals surface area contributed by atoms with Crippen molar-refractivity contribution in [1.82, 2.24) is 9.78 Å². The van der Waals surface area contributed by atoms with Gasteiger partial charge in [0.05, 0.1) is 5.69 Å². The number of benzene rings is 1. The SMILES string of the molecule is Cc1cc(NC(C)C)n(-c2ccc(F)cc2F)n1. The van der Waals surface area contributed by atoms with Crippen molar-refractivity contribution < 1.29 is 8.78 Å². The molecular formula is C13H15F2N3. The van der Waals surface area contributed by atoms with Crippen LogP contribution in [-0.4, -0.2) is 15.8 Å². The average molecular weight is 251 g/mol. The molecule has 5 heteroatoms. The maximum Gasteiger partial charge on any atom is 0.151 e. The zero-order chi connectivity index (χ0) is 13.3. The van der Waals surface area contributed by atoms with Crippen LogP contribution in [0, 0.1) is 18.6 Å². The van der Waals surface area contributed by atoms with Gasteiger partial charge in [-0.25, -0.2) is 13.5 Å². The van der Waals surface area contributed by atoms with Gasteiger partial charge in [-0.2, -0.15) is 5.10 Å². The van der Waals surface area contributed by atoms with Crippen LogP contribution in [0.4, 0.5) is 14.6 Å². The van der Waals surface area contributed by atoms with Gasteiger partial charge in [0.2, 0.25) is 0 Å². The summed E-state index contributed by atoms with van der Waals surface area (Å²) in [6.07, 6.45) is 0. The fourth-order valence-electron chi connectivity index (χ4n) is 1.73. The first-order valence-corrected chi connectivity index (χ1v) is 5.76. The number of halogens is 2. The maximum absolute atomic E-state index is 13.7. The highest BCUT2D eigenvalue weighted by molar-refractivity contribution is 5.47. The second-order valence-electron chi connectivity index (χ2n) is 4.48. The van der Waals surface area contributed by atoms with Crippen LogP contribution in [0.1, 0.15) is 19.5 Å². The van der Waals surface area contributed by atoms with E-state index in [1.54, 1.807) is 0 Å². The van der Waals surface area contributed by atoms with Gasteiger partial charge in [-0.15, -0.1) is 0 Å². The number of nitrogens with zero attached hydrogens (tertiary/aromatic N) is 2. The largest absolute Gasteiger partial charge is 0.368 e. The van der Waals surface area contributed by atoms with Crippen molar-refractivity contribution in [3.63, 3.8) is 0 Å². The van der Waals surface area contributed by atoms with E-state index in [9.17, 15) is 8.78 Å². The molecule has 1 aromatic carbocycles. The molecule has 0 aliphatic heterocycles. The number of hydrogen-bond donors (Lipinski definition) is 1. The third kappa shape index (κ3) is 2.50. The Morgan fingerprint density at radius 1 is 1.22 bits per heavy atom. The molecular weight excluding hydrogens is 236 g/mol. The number of nitrogens with one attached hydrogen (secondary N) is 1. The van der Waals surface area contributed by atoms with Gasteiger partial charge < -0.3 is 5.32 Å². The van der Waals surface area contributed by atoms with Crippen molar-refractivity contribution in [2.75, 3.05) is 5.32 Å². The number of hydrogen-bond acceptors (Lipinski definition) is 2. The van der Waals surface area contributed by atoms with E-state index in [4.69, 9.17) is 0 Å². The smallest absolute Gasteiger partial charge is 0.151 e. The molecule has 0 bridgehead atoms. The van der Waals surface area contributed by atoms with Gasteiger partial charge in [-0.05, 0) is 32.9 Å². The molecule has 0 amide bonds. The Balaban J connectivity index is 2.49. The fourth-order valence-corrected chi connectivity index (χ4v) is 1.73. The maximum atomic E-state index is 13.7. The van der Waals surface area contributed by atoms with E-state index in [1.165, 1.54) is 16.8 Å². The van der Waals surface area contributed by atoms with Gasteiger partial charge in [0.15, 0.2) is 5.82 Å². The van der Waals surface area contributed by atoms with E-state index >= 15 is 0 Å². The van der Waals surface area contributed by atoms with Crippen LogP contribution in [-0.2, 0) is 0 Å². The van der Waals surface area contributed by atoms with Gasteiger partial charge in [0, 0.05) is 18.2 Å². The monoisotopic (exact) mass is 251 g/mol. The molecule has 1 N–H and O–H groups in total. The summed E-state index contributed by atoms with van der Waals surface area (Å²) in [5.74, 6) is -0.545. The number of rotatable bonds is 3. The van der Waals surface area contributed by atoms with Crippen molar-refractivity contribution in [2.24, 2.45) is 0 Å². The molecule has 0 saturated carbocycles. The Morgan fingerprint density at radius 3 is 2.56 bits per heavy atom. The lowest BCUT2D eigenvalue weighted by Crippen LogP contribution is -2.14. The van der Waals surface area contributed by atoms with Gasteiger partial charge in [-0.1, -0.05) is 0 Å². The molecule has 1 aromatic heterocycles. The standard InChI is InChI=1S/C13H15F2N3/c1-8(2)16-13-6-9(3)17-18(13)12-5-4-10(14)7-11(12)15/h4-8,16H,1-3H3. The summed E-state index contributed by atoms with van der Waals surface area (Å²) >= 11 is 0. The Labute approximate surface area is 104 Å². The third-order valence-electron chi connectivity index (χ3n) is 2.41. The lowest BCUT2D eigenvalue weighted by Gasteiger charge is -2.12. The van der Waals surface area contributed by atoms with Crippen LogP contribution in [0.25, 0.3) is 5.69 Å². The first-order valence-electron chi connectivity index (χ1n) is 5.76. The van der Waals surface area contributed by atoms with Gasteiger partial charge in [0.25, 0.3) is 0 Å². The second kappa shape index (κ2) is 4.76. The molecule has 96 valence electrons. The first-order chi connectivity index (χ1) is 8.47. The van der Waals surface area contributed by atoms with E-state index in [0.29, 0.717) is 5.82 Å². The molecule has 0 aliphatic rings. The summed E-state index contributed by atoms with van der Waals surface area (Å²) in [5.41, 5.74) is 0.995. The molecule has 1 heterocycles. The van der Waals surface area contributed by atoms with Crippen molar-refractivity contribution in [2.45, 2.75) is 26.8 Å². The van der Waals surface area contributed by atoms with Gasteiger partial charge in [-0.3, -0.25) is 0 Å². The van der Waals surface area contributed by atoms with Crippen molar-refractivity contribution in [1.29, 1.82) is 0 Å². The van der Waals surface area contributed by atoms with Crippen LogP contribution in [0.2, 0.25) is 0 Å². The minimum absolute atomic E-state index is 0.198. The second-order valence-corrected chi connectivity index (χ2v) is 4.48. The lowest BCUT2D eigenvalue weighted by molar-refractivity contribution is 0.573. The van der Waals surface area contributed by atoms with Crippen LogP contribution >= 0.6 is 0 Å². The van der Waals surface area contributed by atoms with Crippen LogP contribution in [0.3, 0.4) is 0 Å². The number of aromatic nitrogens is 2. The average Bonchev–Trinajstić information content (AvgIpc) is 2.58. The summed E-state index contributed by atoms with van der Waals surface area (Å²) in [6.45, 7) is 5.78. The van der Waals surface area contributed by atoms with Crippen molar-refractivity contribution in [3.05, 3.63) is 41.6 Å². The predicted molar refractivity (Wildman–Crippen MR) is 67.0 cm³/mol. The quantitative estimate of drug-likeness (QED) is 0.907. The molecule has 0 saturated heterocycles. The summed E-state index contributed by atoms with van der Waals surface area (Å²) in [6, 6.07) is 5.47. The molecule has 3 nitrogen and oxygen atoms in total. The van der Waals surface area contributed by atoms with Gasteiger partial charge >= 0.3 is 0 Å². The third-order valence-corrected chi connectivity index (χ3v) is 2.41. The molecule has 0 unspecified atom stereocenters. The van der Waals surface area contributed by atoms with E-state index in [2.05, 4.69) is 10.4 Å². The molecule has 2 aromatic rings. The fraction of sp³-hybridized carbons (Fsp3) is 0.308. The molecule has 0 aliphatic carbocycles. The van der Waals surface area contributed by atoms with Crippen LogP contribution < -0.4 is 5.32 Å². The normalized spacial score (nSPS) is 11.0. The molecule has 0 spiro atoms. The summed E-state index contributed by atoms with van der Waals surface area (Å²) in [7, 11) is 0. The highest BCUT2D eigenvalue weighted by Crippen LogP contribution is 2.21. The Hall–Kier alpha value is -1.91. The Kier molecular flexibility index (Phi) is 3.32. The number of aryl methyl sites for hydroxylation is 1. The zero-order valence-electron chi connectivity index (χ0n) is 10.5. The summed E-state index contributed by atoms with van der Waals surface area (Å²) < 4.78 is 28.1. The topological polar surface area (TPSA) is 29.9 Å². The van der Waals surface area contributed by atoms with Crippen molar-refractivity contribution in [3.8, 4) is 5.69 Å². The zero-order valence-corrected chi connectivity index (χ0v) is 10.5. The minimum atomic E-state index is -0.634. The first kappa shape index (κ1) is 12.5. The highest BCUT2D eigenvalue weighted by atomic mass is 19.1. The van der Waals surface area contributed by atoms with Crippen LogP contribution in [0.15, 0.2) is 24.3 Å². The molecule has 2 rings (SSSR count). The lowest BCUT2D eigenvalue weighted by atomic mass is 10.3.